The van der Waals surface area contributed by atoms with E-state index in [1.54, 1.807) is 6.07 Å². The summed E-state index contributed by atoms with van der Waals surface area (Å²) in [5.74, 6) is 0. The van der Waals surface area contributed by atoms with Gasteiger partial charge in [-0.25, -0.2) is 0 Å². The summed E-state index contributed by atoms with van der Waals surface area (Å²) in [6, 6.07) is 5.60. The monoisotopic (exact) mass is 229 g/mol. The van der Waals surface area contributed by atoms with E-state index in [9.17, 15) is 0 Å². The van der Waals surface area contributed by atoms with Crippen LogP contribution in [0.5, 0.6) is 0 Å². The number of hydrogen-bond acceptors (Lipinski definition) is 1. The molecule has 0 radical (unpaired) electrons. The van der Waals surface area contributed by atoms with E-state index in [2.05, 4.69) is 15.9 Å². The van der Waals surface area contributed by atoms with Crippen molar-refractivity contribution in [3.63, 3.8) is 0 Å². The fourth-order valence-electron chi connectivity index (χ4n) is 0.732. The van der Waals surface area contributed by atoms with Crippen molar-refractivity contribution in [2.45, 2.75) is 6.92 Å². The first-order valence-corrected chi connectivity index (χ1v) is 4.18. The van der Waals surface area contributed by atoms with Gasteiger partial charge in [-0.3, -0.25) is 0 Å². The minimum Gasteiger partial charge on any atom is -0.192 e. The molecule has 0 N–H and O–H groups in total. The zero-order valence-electron chi connectivity index (χ0n) is 5.86. The standard InChI is InChI=1S/C8H5BrClN/c1-5-2-3-6(4-11)7(9)8(5)10/h2-3H,1H3. The highest BCUT2D eigenvalue weighted by Gasteiger charge is 2.04. The first kappa shape index (κ1) is 8.58. The fourth-order valence-corrected chi connectivity index (χ4v) is 1.43. The molecule has 11 heavy (non-hydrogen) atoms. The second kappa shape index (κ2) is 3.25. The maximum atomic E-state index is 8.60. The highest BCUT2D eigenvalue weighted by atomic mass is 79.9. The molecule has 1 aromatic rings. The zero-order chi connectivity index (χ0) is 8.43. The SMILES string of the molecule is Cc1ccc(C#N)c(Br)c1Cl. The van der Waals surface area contributed by atoms with E-state index < -0.39 is 0 Å². The van der Waals surface area contributed by atoms with Crippen LogP contribution >= 0.6 is 27.5 Å². The Morgan fingerprint density at radius 2 is 2.18 bits per heavy atom. The lowest BCUT2D eigenvalue weighted by Crippen LogP contribution is -1.81. The number of nitriles is 1. The Labute approximate surface area is 78.7 Å². The first-order chi connectivity index (χ1) is 5.16. The van der Waals surface area contributed by atoms with Crippen LogP contribution in [0.25, 0.3) is 0 Å². The Hall–Kier alpha value is -0.520. The van der Waals surface area contributed by atoms with Crippen LogP contribution in [0.4, 0.5) is 0 Å². The number of benzene rings is 1. The Morgan fingerprint density at radius 1 is 1.55 bits per heavy atom. The summed E-state index contributed by atoms with van der Waals surface area (Å²) in [7, 11) is 0. The Morgan fingerprint density at radius 3 is 2.73 bits per heavy atom. The van der Waals surface area contributed by atoms with Gasteiger partial charge in [0.15, 0.2) is 0 Å². The Kier molecular flexibility index (Phi) is 2.53. The average Bonchev–Trinajstić information content (AvgIpc) is 2.01. The first-order valence-electron chi connectivity index (χ1n) is 3.01. The van der Waals surface area contributed by atoms with Crippen LogP contribution in [0.1, 0.15) is 11.1 Å². The van der Waals surface area contributed by atoms with Crippen LogP contribution in [0.2, 0.25) is 5.02 Å². The highest BCUT2D eigenvalue weighted by Crippen LogP contribution is 2.28. The normalized spacial score (nSPS) is 9.27. The smallest absolute Gasteiger partial charge is 0.100 e. The van der Waals surface area contributed by atoms with Crippen molar-refractivity contribution in [1.29, 1.82) is 5.26 Å². The van der Waals surface area contributed by atoms with Crippen LogP contribution in [0, 0.1) is 18.3 Å². The van der Waals surface area contributed by atoms with Gasteiger partial charge in [0.05, 0.1) is 15.1 Å². The van der Waals surface area contributed by atoms with E-state index in [1.165, 1.54) is 0 Å². The van der Waals surface area contributed by atoms with E-state index in [-0.39, 0.29) is 0 Å². The molecule has 3 heteroatoms. The predicted molar refractivity (Wildman–Crippen MR) is 48.6 cm³/mol. The molecule has 0 amide bonds. The lowest BCUT2D eigenvalue weighted by atomic mass is 10.2. The van der Waals surface area contributed by atoms with Gasteiger partial charge in [0.1, 0.15) is 6.07 Å². The summed E-state index contributed by atoms with van der Waals surface area (Å²) >= 11 is 9.10. The second-order valence-electron chi connectivity index (χ2n) is 2.17. The molecular formula is C8H5BrClN. The van der Waals surface area contributed by atoms with Crippen molar-refractivity contribution in [2.24, 2.45) is 0 Å². The minimum atomic E-state index is 0.570. The van der Waals surface area contributed by atoms with Gasteiger partial charge in [0.2, 0.25) is 0 Å². The number of halogens is 2. The van der Waals surface area contributed by atoms with Crippen molar-refractivity contribution < 1.29 is 0 Å². The highest BCUT2D eigenvalue weighted by molar-refractivity contribution is 9.10. The van der Waals surface area contributed by atoms with Gasteiger partial charge in [-0.2, -0.15) is 5.26 Å². The summed E-state index contributed by atoms with van der Waals surface area (Å²) in [6.45, 7) is 1.90. The van der Waals surface area contributed by atoms with E-state index in [1.807, 2.05) is 19.1 Å². The van der Waals surface area contributed by atoms with E-state index in [4.69, 9.17) is 16.9 Å². The topological polar surface area (TPSA) is 23.8 Å². The van der Waals surface area contributed by atoms with Crippen molar-refractivity contribution in [3.8, 4) is 6.07 Å². The third-order valence-corrected chi connectivity index (χ3v) is 2.93. The van der Waals surface area contributed by atoms with Gasteiger partial charge in [-0.15, -0.1) is 0 Å². The number of rotatable bonds is 0. The third kappa shape index (κ3) is 1.55. The van der Waals surface area contributed by atoms with E-state index in [0.717, 1.165) is 5.56 Å². The zero-order valence-corrected chi connectivity index (χ0v) is 8.20. The summed E-state index contributed by atoms with van der Waals surface area (Å²) in [4.78, 5) is 0. The molecule has 1 aromatic carbocycles. The Bertz CT molecular complexity index is 328. The van der Waals surface area contributed by atoms with Gasteiger partial charge < -0.3 is 0 Å². The molecule has 0 saturated carbocycles. The molecular weight excluding hydrogens is 225 g/mol. The molecule has 0 atom stereocenters. The molecule has 0 unspecified atom stereocenters. The van der Waals surface area contributed by atoms with Crippen LogP contribution in [-0.2, 0) is 0 Å². The largest absolute Gasteiger partial charge is 0.192 e. The maximum absolute atomic E-state index is 8.60. The van der Waals surface area contributed by atoms with Crippen LogP contribution in [0.3, 0.4) is 0 Å². The molecule has 0 aliphatic heterocycles. The molecule has 1 rings (SSSR count). The molecule has 0 heterocycles. The molecule has 0 spiro atoms. The molecule has 0 bridgehead atoms. The van der Waals surface area contributed by atoms with Crippen LogP contribution in [-0.4, -0.2) is 0 Å². The molecule has 0 aliphatic carbocycles. The Balaban J connectivity index is 3.40. The quantitative estimate of drug-likeness (QED) is 0.671. The van der Waals surface area contributed by atoms with Crippen molar-refractivity contribution in [3.05, 3.63) is 32.8 Å². The maximum Gasteiger partial charge on any atom is 0.100 e. The summed E-state index contributed by atoms with van der Waals surface area (Å²) in [6.07, 6.45) is 0. The number of aryl methyl sites for hydroxylation is 1. The summed E-state index contributed by atoms with van der Waals surface area (Å²) < 4.78 is 0.682. The second-order valence-corrected chi connectivity index (χ2v) is 3.34. The number of nitrogens with zero attached hydrogens (tertiary/aromatic N) is 1. The molecule has 0 saturated heterocycles. The summed E-state index contributed by atoms with van der Waals surface area (Å²) in [5, 5.41) is 9.21. The average molecular weight is 230 g/mol. The van der Waals surface area contributed by atoms with E-state index >= 15 is 0 Å². The lowest BCUT2D eigenvalue weighted by molar-refractivity contribution is 1.40. The third-order valence-electron chi connectivity index (χ3n) is 1.40. The molecule has 56 valence electrons. The van der Waals surface area contributed by atoms with E-state index in [0.29, 0.717) is 15.1 Å². The fraction of sp³-hybridized carbons (Fsp3) is 0.125. The molecule has 0 aliphatic rings. The van der Waals surface area contributed by atoms with Crippen LogP contribution in [0.15, 0.2) is 16.6 Å². The van der Waals surface area contributed by atoms with Gasteiger partial charge in [0.25, 0.3) is 0 Å². The molecule has 0 aromatic heterocycles. The van der Waals surface area contributed by atoms with Gasteiger partial charge >= 0.3 is 0 Å². The van der Waals surface area contributed by atoms with Crippen molar-refractivity contribution in [1.82, 2.24) is 0 Å². The van der Waals surface area contributed by atoms with Gasteiger partial charge in [-0.1, -0.05) is 17.7 Å². The minimum absolute atomic E-state index is 0.570. The predicted octanol–water partition coefficient (Wildman–Crippen LogP) is 3.28. The molecule has 1 nitrogen and oxygen atoms in total. The van der Waals surface area contributed by atoms with Crippen molar-refractivity contribution in [2.75, 3.05) is 0 Å². The van der Waals surface area contributed by atoms with Gasteiger partial charge in [-0.05, 0) is 34.5 Å². The summed E-state index contributed by atoms with van der Waals surface area (Å²) in [5.41, 5.74) is 1.54. The lowest BCUT2D eigenvalue weighted by Gasteiger charge is -2.00. The van der Waals surface area contributed by atoms with Crippen LogP contribution < -0.4 is 0 Å². The molecule has 0 fully saturated rings. The van der Waals surface area contributed by atoms with Gasteiger partial charge in [0, 0.05) is 0 Å². The number of hydrogen-bond donors (Lipinski definition) is 0. The van der Waals surface area contributed by atoms with Crippen molar-refractivity contribution >= 4 is 27.5 Å².